The zero-order valence-electron chi connectivity index (χ0n) is 8.43. The van der Waals surface area contributed by atoms with Gasteiger partial charge in [-0.3, -0.25) is 0 Å². The average Bonchev–Trinajstić information content (AvgIpc) is 2.33. The maximum absolute atomic E-state index is 6.13. The number of hydrogen-bond donors (Lipinski definition) is 1. The molecule has 82 valence electrons. The van der Waals surface area contributed by atoms with Crippen molar-refractivity contribution in [2.75, 3.05) is 0 Å². The molecule has 0 aliphatic carbocycles. The minimum Gasteiger partial charge on any atom is -0.326 e. The maximum atomic E-state index is 6.13. The monoisotopic (exact) mass is 251 g/mol. The lowest BCUT2D eigenvalue weighted by molar-refractivity contribution is 0.960. The van der Waals surface area contributed by atoms with Gasteiger partial charge in [0.15, 0.2) is 5.16 Å². The van der Waals surface area contributed by atoms with Gasteiger partial charge in [0.05, 0.1) is 5.02 Å². The van der Waals surface area contributed by atoms with Crippen LogP contribution in [0.3, 0.4) is 0 Å². The SMILES string of the molecule is NCc1cccc(Cl)c1Sc1ncccn1. The summed E-state index contributed by atoms with van der Waals surface area (Å²) in [5.74, 6) is 0. The van der Waals surface area contributed by atoms with Gasteiger partial charge in [-0.1, -0.05) is 23.7 Å². The van der Waals surface area contributed by atoms with E-state index >= 15 is 0 Å². The molecular formula is C11H10ClN3S. The van der Waals surface area contributed by atoms with Crippen LogP contribution in [0, 0.1) is 0 Å². The lowest BCUT2D eigenvalue weighted by atomic mass is 10.2. The average molecular weight is 252 g/mol. The van der Waals surface area contributed by atoms with Crippen molar-refractivity contribution in [3.8, 4) is 0 Å². The van der Waals surface area contributed by atoms with Gasteiger partial charge in [-0.15, -0.1) is 0 Å². The number of hydrogen-bond acceptors (Lipinski definition) is 4. The van der Waals surface area contributed by atoms with Crippen molar-refractivity contribution in [3.05, 3.63) is 47.2 Å². The first kappa shape index (κ1) is 11.4. The molecule has 1 aromatic carbocycles. The molecule has 2 rings (SSSR count). The molecule has 0 amide bonds. The molecule has 0 unspecified atom stereocenters. The van der Waals surface area contributed by atoms with Gasteiger partial charge in [0.25, 0.3) is 0 Å². The summed E-state index contributed by atoms with van der Waals surface area (Å²) in [4.78, 5) is 9.21. The summed E-state index contributed by atoms with van der Waals surface area (Å²) in [6, 6.07) is 7.46. The lowest BCUT2D eigenvalue weighted by Crippen LogP contribution is -1.99. The molecule has 2 N–H and O–H groups in total. The fraction of sp³-hybridized carbons (Fsp3) is 0.0909. The van der Waals surface area contributed by atoms with Gasteiger partial charge < -0.3 is 5.73 Å². The summed E-state index contributed by atoms with van der Waals surface area (Å²) in [6.45, 7) is 0.454. The Morgan fingerprint density at radius 2 is 1.94 bits per heavy atom. The second-order valence-electron chi connectivity index (χ2n) is 3.07. The van der Waals surface area contributed by atoms with Crippen LogP contribution in [0.25, 0.3) is 0 Å². The topological polar surface area (TPSA) is 51.8 Å². The molecule has 2 aromatic rings. The molecule has 3 nitrogen and oxygen atoms in total. The largest absolute Gasteiger partial charge is 0.326 e. The van der Waals surface area contributed by atoms with Crippen LogP contribution in [0.2, 0.25) is 5.02 Å². The summed E-state index contributed by atoms with van der Waals surface area (Å²) in [5.41, 5.74) is 6.66. The van der Waals surface area contributed by atoms with Gasteiger partial charge in [0, 0.05) is 23.8 Å². The molecule has 0 aliphatic rings. The Balaban J connectivity index is 2.34. The highest BCUT2D eigenvalue weighted by molar-refractivity contribution is 7.99. The zero-order valence-corrected chi connectivity index (χ0v) is 10.0. The van der Waals surface area contributed by atoms with Gasteiger partial charge in [-0.05, 0) is 29.5 Å². The fourth-order valence-electron chi connectivity index (χ4n) is 1.26. The summed E-state index contributed by atoms with van der Waals surface area (Å²) in [7, 11) is 0. The van der Waals surface area contributed by atoms with E-state index in [2.05, 4.69) is 9.97 Å². The van der Waals surface area contributed by atoms with Gasteiger partial charge >= 0.3 is 0 Å². The highest BCUT2D eigenvalue weighted by Crippen LogP contribution is 2.33. The zero-order chi connectivity index (χ0) is 11.4. The van der Waals surface area contributed by atoms with Crippen LogP contribution in [0.4, 0.5) is 0 Å². The number of benzene rings is 1. The Kier molecular flexibility index (Phi) is 3.77. The van der Waals surface area contributed by atoms with Crippen molar-refractivity contribution < 1.29 is 0 Å². The standard InChI is InChI=1S/C11H10ClN3S/c12-9-4-1-3-8(7-13)10(9)16-11-14-5-2-6-15-11/h1-6H,7,13H2. The highest BCUT2D eigenvalue weighted by Gasteiger charge is 2.08. The van der Waals surface area contributed by atoms with Crippen LogP contribution < -0.4 is 5.73 Å². The van der Waals surface area contributed by atoms with E-state index in [1.54, 1.807) is 18.5 Å². The van der Waals surface area contributed by atoms with E-state index in [1.165, 1.54) is 11.8 Å². The van der Waals surface area contributed by atoms with Crippen LogP contribution in [0.5, 0.6) is 0 Å². The minimum absolute atomic E-state index is 0.454. The van der Waals surface area contributed by atoms with Crippen LogP contribution in [-0.4, -0.2) is 9.97 Å². The molecule has 0 bridgehead atoms. The third-order valence-electron chi connectivity index (χ3n) is 2.00. The van der Waals surface area contributed by atoms with Crippen LogP contribution in [0.1, 0.15) is 5.56 Å². The van der Waals surface area contributed by atoms with Crippen molar-refractivity contribution in [3.63, 3.8) is 0 Å². The molecule has 1 heterocycles. The Labute approximate surface area is 103 Å². The van der Waals surface area contributed by atoms with Crippen LogP contribution >= 0.6 is 23.4 Å². The number of rotatable bonds is 3. The van der Waals surface area contributed by atoms with Crippen molar-refractivity contribution >= 4 is 23.4 Å². The third-order valence-corrected chi connectivity index (χ3v) is 3.51. The van der Waals surface area contributed by atoms with E-state index in [0.29, 0.717) is 16.7 Å². The molecule has 0 saturated heterocycles. The van der Waals surface area contributed by atoms with E-state index in [0.717, 1.165) is 10.5 Å². The third kappa shape index (κ3) is 2.52. The molecule has 0 atom stereocenters. The number of nitrogens with zero attached hydrogens (tertiary/aromatic N) is 2. The number of halogens is 1. The summed E-state index contributed by atoms with van der Waals surface area (Å²) in [5, 5.41) is 1.35. The molecule has 1 aromatic heterocycles. The molecule has 0 radical (unpaired) electrons. The van der Waals surface area contributed by atoms with E-state index in [-0.39, 0.29) is 0 Å². The van der Waals surface area contributed by atoms with Crippen LogP contribution in [-0.2, 0) is 6.54 Å². The highest BCUT2D eigenvalue weighted by atomic mass is 35.5. The quantitative estimate of drug-likeness (QED) is 0.853. The first-order chi connectivity index (χ1) is 7.81. The Morgan fingerprint density at radius 3 is 2.62 bits per heavy atom. The van der Waals surface area contributed by atoms with Gasteiger partial charge in [-0.2, -0.15) is 0 Å². The Bertz CT molecular complexity index is 476. The second kappa shape index (κ2) is 5.30. The van der Waals surface area contributed by atoms with E-state index in [1.807, 2.05) is 18.2 Å². The summed E-state index contributed by atoms with van der Waals surface area (Å²) in [6.07, 6.45) is 3.41. The van der Waals surface area contributed by atoms with Crippen LogP contribution in [0.15, 0.2) is 46.7 Å². The molecule has 0 fully saturated rings. The molecule has 0 saturated carbocycles. The number of nitrogens with two attached hydrogens (primary N) is 1. The van der Waals surface area contributed by atoms with Crippen molar-refractivity contribution in [1.82, 2.24) is 9.97 Å². The Morgan fingerprint density at radius 1 is 1.19 bits per heavy atom. The van der Waals surface area contributed by atoms with Crippen molar-refractivity contribution in [2.45, 2.75) is 16.6 Å². The smallest absolute Gasteiger partial charge is 0.192 e. The minimum atomic E-state index is 0.454. The van der Waals surface area contributed by atoms with E-state index in [4.69, 9.17) is 17.3 Å². The van der Waals surface area contributed by atoms with Gasteiger partial charge in [-0.25, -0.2) is 9.97 Å². The summed E-state index contributed by atoms with van der Waals surface area (Å²) >= 11 is 7.56. The first-order valence-electron chi connectivity index (χ1n) is 4.73. The Hall–Kier alpha value is -1.10. The second-order valence-corrected chi connectivity index (χ2v) is 4.45. The lowest BCUT2D eigenvalue weighted by Gasteiger charge is -2.07. The predicted molar refractivity (Wildman–Crippen MR) is 65.5 cm³/mol. The maximum Gasteiger partial charge on any atom is 0.192 e. The van der Waals surface area contributed by atoms with Crippen molar-refractivity contribution in [2.24, 2.45) is 5.73 Å². The normalized spacial score (nSPS) is 10.4. The van der Waals surface area contributed by atoms with Gasteiger partial charge in [0.1, 0.15) is 0 Å². The van der Waals surface area contributed by atoms with Crippen molar-refractivity contribution in [1.29, 1.82) is 0 Å². The predicted octanol–water partition coefficient (Wildman–Crippen LogP) is 2.74. The molecular weight excluding hydrogens is 242 g/mol. The molecule has 5 heteroatoms. The van der Waals surface area contributed by atoms with E-state index < -0.39 is 0 Å². The number of aromatic nitrogens is 2. The molecule has 0 aliphatic heterocycles. The molecule has 16 heavy (non-hydrogen) atoms. The first-order valence-corrected chi connectivity index (χ1v) is 5.93. The summed E-state index contributed by atoms with van der Waals surface area (Å²) < 4.78 is 0. The molecule has 0 spiro atoms. The van der Waals surface area contributed by atoms with E-state index in [9.17, 15) is 0 Å². The van der Waals surface area contributed by atoms with Gasteiger partial charge in [0.2, 0.25) is 0 Å². The fourth-order valence-corrected chi connectivity index (χ4v) is 2.43.